The highest BCUT2D eigenvalue weighted by molar-refractivity contribution is 7.80. The summed E-state index contributed by atoms with van der Waals surface area (Å²) in [5.41, 5.74) is 0.702. The molecule has 1 aliphatic rings. The summed E-state index contributed by atoms with van der Waals surface area (Å²) in [5, 5.41) is 14.8. The summed E-state index contributed by atoms with van der Waals surface area (Å²) >= 11 is 5.01. The van der Waals surface area contributed by atoms with Crippen molar-refractivity contribution in [3.8, 4) is 0 Å². The second-order valence-electron chi connectivity index (χ2n) is 2.88. The minimum Gasteiger partial charge on any atom is -0.341 e. The molecule has 0 bridgehead atoms. The number of nitrogens with one attached hydrogen (secondary N) is 4. The highest BCUT2D eigenvalue weighted by Crippen LogP contribution is 2.04. The molecule has 0 saturated heterocycles. The third-order valence-electron chi connectivity index (χ3n) is 1.67. The van der Waals surface area contributed by atoms with E-state index in [0.717, 1.165) is 11.3 Å². The molecule has 0 unspecified atom stereocenters. The van der Waals surface area contributed by atoms with Crippen LogP contribution >= 0.6 is 12.2 Å². The number of carbonyl (C=O) groups excluding carboxylic acids is 1. The van der Waals surface area contributed by atoms with Crippen molar-refractivity contribution in [1.82, 2.24) is 16.0 Å². The van der Waals surface area contributed by atoms with Gasteiger partial charge in [0.2, 0.25) is 5.96 Å². The van der Waals surface area contributed by atoms with E-state index in [9.17, 15) is 4.79 Å². The summed E-state index contributed by atoms with van der Waals surface area (Å²) in [6, 6.07) is -0.435. The van der Waals surface area contributed by atoms with E-state index in [1.807, 2.05) is 12.2 Å². The molecule has 0 atom stereocenters. The third kappa shape index (κ3) is 3.90. The lowest BCUT2D eigenvalue weighted by molar-refractivity contribution is 0.247. The van der Waals surface area contributed by atoms with Crippen LogP contribution in [-0.2, 0) is 0 Å². The van der Waals surface area contributed by atoms with E-state index in [4.69, 9.17) is 17.6 Å². The van der Waals surface area contributed by atoms with Crippen molar-refractivity contribution in [3.05, 3.63) is 23.9 Å². The van der Waals surface area contributed by atoms with E-state index in [0.29, 0.717) is 5.70 Å². The van der Waals surface area contributed by atoms with Crippen LogP contribution < -0.4 is 16.0 Å². The molecule has 0 aromatic heterocycles. The van der Waals surface area contributed by atoms with Gasteiger partial charge in [0.05, 0.1) is 0 Å². The molecule has 5 nitrogen and oxygen atoms in total. The van der Waals surface area contributed by atoms with E-state index in [-0.39, 0.29) is 5.96 Å². The maximum atomic E-state index is 10.9. The van der Waals surface area contributed by atoms with E-state index < -0.39 is 6.03 Å². The number of guanidine groups is 1. The quantitative estimate of drug-likeness (QED) is 0.300. The normalized spacial score (nSPS) is 14.2. The molecule has 0 aromatic carbocycles. The Morgan fingerprint density at radius 1 is 1.60 bits per heavy atom. The molecular weight excluding hydrogens is 212 g/mol. The van der Waals surface area contributed by atoms with Gasteiger partial charge >= 0.3 is 6.03 Å². The lowest BCUT2D eigenvalue weighted by Crippen LogP contribution is -2.43. The molecule has 0 radical (unpaired) electrons. The van der Waals surface area contributed by atoms with Crippen molar-refractivity contribution in [2.24, 2.45) is 0 Å². The van der Waals surface area contributed by atoms with Crippen molar-refractivity contribution >= 4 is 29.1 Å². The smallest absolute Gasteiger partial charge is 0.321 e. The summed E-state index contributed by atoms with van der Waals surface area (Å²) < 4.78 is 0. The maximum absolute atomic E-state index is 10.9. The van der Waals surface area contributed by atoms with Crippen molar-refractivity contribution in [1.29, 1.82) is 5.41 Å². The predicted octanol–water partition coefficient (Wildman–Crippen LogP) is 0.653. The summed E-state index contributed by atoms with van der Waals surface area (Å²) in [4.78, 5) is 11.7. The van der Waals surface area contributed by atoms with Gasteiger partial charge in [-0.2, -0.15) is 0 Å². The lowest BCUT2D eigenvalue weighted by Gasteiger charge is -2.12. The summed E-state index contributed by atoms with van der Waals surface area (Å²) in [6.07, 6.45) is 6.22. The minimum absolute atomic E-state index is 0.0880. The molecule has 0 heterocycles. The molecule has 80 valence electrons. The Kier molecular flexibility index (Phi) is 3.99. The topological polar surface area (TPSA) is 77.0 Å². The molecule has 0 spiro atoms. The van der Waals surface area contributed by atoms with Gasteiger partial charge in [-0.3, -0.25) is 10.7 Å². The van der Waals surface area contributed by atoms with Gasteiger partial charge in [0, 0.05) is 24.0 Å². The van der Waals surface area contributed by atoms with Gasteiger partial charge in [-0.15, -0.1) is 0 Å². The standard InChI is InChI=1S/C9H12N4OS/c1-11-9(14)13-8(10)12-6-3-2-4-7(15)5-6/h2-3,5H,4H2,1H3,(H4,10,11,12,13,14). The van der Waals surface area contributed by atoms with Crippen molar-refractivity contribution in [3.63, 3.8) is 0 Å². The Morgan fingerprint density at radius 3 is 2.93 bits per heavy atom. The molecule has 6 heteroatoms. The number of amides is 2. The van der Waals surface area contributed by atoms with Crippen LogP contribution in [-0.4, -0.2) is 23.9 Å². The Hall–Kier alpha value is -1.69. The predicted molar refractivity (Wildman–Crippen MR) is 62.9 cm³/mol. The van der Waals surface area contributed by atoms with Crippen LogP contribution in [0, 0.1) is 5.41 Å². The first-order valence-electron chi connectivity index (χ1n) is 4.37. The van der Waals surface area contributed by atoms with Crippen LogP contribution in [0.25, 0.3) is 0 Å². The Bertz CT molecular complexity index is 359. The maximum Gasteiger partial charge on any atom is 0.321 e. The molecule has 2 amide bonds. The Balaban J connectivity index is 2.48. The SMILES string of the molecule is CNC(=O)NC(=N)NC1=CC(=S)CC=C1. The number of carbonyl (C=O) groups is 1. The molecule has 0 aliphatic heterocycles. The monoisotopic (exact) mass is 224 g/mol. The molecule has 1 rings (SSSR count). The highest BCUT2D eigenvalue weighted by Gasteiger charge is 2.05. The summed E-state index contributed by atoms with van der Waals surface area (Å²) in [7, 11) is 1.48. The zero-order valence-corrected chi connectivity index (χ0v) is 9.07. The minimum atomic E-state index is -0.435. The van der Waals surface area contributed by atoms with Crippen LogP contribution in [0.1, 0.15) is 6.42 Å². The summed E-state index contributed by atoms with van der Waals surface area (Å²) in [6.45, 7) is 0. The second-order valence-corrected chi connectivity index (χ2v) is 3.40. The third-order valence-corrected chi connectivity index (χ3v) is 1.95. The number of hydrogen-bond acceptors (Lipinski definition) is 3. The molecule has 0 saturated carbocycles. The van der Waals surface area contributed by atoms with Crippen LogP contribution in [0.15, 0.2) is 23.9 Å². The zero-order valence-electron chi connectivity index (χ0n) is 8.26. The largest absolute Gasteiger partial charge is 0.341 e. The van der Waals surface area contributed by atoms with Gasteiger partial charge in [-0.05, 0) is 12.2 Å². The molecule has 1 aliphatic carbocycles. The second kappa shape index (κ2) is 5.26. The Labute approximate surface area is 93.1 Å². The van der Waals surface area contributed by atoms with Crippen LogP contribution in [0.4, 0.5) is 4.79 Å². The fourth-order valence-corrected chi connectivity index (χ4v) is 1.24. The number of hydrogen-bond donors (Lipinski definition) is 4. The molecule has 15 heavy (non-hydrogen) atoms. The average molecular weight is 224 g/mol. The van der Waals surface area contributed by atoms with Crippen molar-refractivity contribution in [2.45, 2.75) is 6.42 Å². The fraction of sp³-hybridized carbons (Fsp3) is 0.222. The van der Waals surface area contributed by atoms with Crippen LogP contribution in [0.2, 0.25) is 0 Å². The number of urea groups is 1. The summed E-state index contributed by atoms with van der Waals surface area (Å²) in [5.74, 6) is -0.0880. The number of rotatable bonds is 1. The van der Waals surface area contributed by atoms with E-state index in [2.05, 4.69) is 16.0 Å². The lowest BCUT2D eigenvalue weighted by atomic mass is 10.1. The molecule has 0 fully saturated rings. The van der Waals surface area contributed by atoms with Gasteiger partial charge < -0.3 is 10.6 Å². The van der Waals surface area contributed by atoms with Gasteiger partial charge in [0.1, 0.15) is 0 Å². The van der Waals surface area contributed by atoms with E-state index in [1.54, 1.807) is 6.08 Å². The number of allylic oxidation sites excluding steroid dienone is 3. The van der Waals surface area contributed by atoms with Crippen LogP contribution in [0.3, 0.4) is 0 Å². The van der Waals surface area contributed by atoms with E-state index >= 15 is 0 Å². The first kappa shape index (κ1) is 11.4. The first-order chi connectivity index (χ1) is 7.11. The van der Waals surface area contributed by atoms with Crippen molar-refractivity contribution in [2.75, 3.05) is 7.05 Å². The average Bonchev–Trinajstić information content (AvgIpc) is 2.17. The van der Waals surface area contributed by atoms with Crippen molar-refractivity contribution < 1.29 is 4.79 Å². The Morgan fingerprint density at radius 2 is 2.33 bits per heavy atom. The first-order valence-corrected chi connectivity index (χ1v) is 4.78. The van der Waals surface area contributed by atoms with E-state index in [1.165, 1.54) is 7.05 Å². The van der Waals surface area contributed by atoms with Gasteiger partial charge in [0.25, 0.3) is 0 Å². The molecular formula is C9H12N4OS. The zero-order chi connectivity index (χ0) is 11.3. The van der Waals surface area contributed by atoms with Gasteiger partial charge in [0.15, 0.2) is 0 Å². The number of thiocarbonyl (C=S) groups is 1. The molecule has 4 N–H and O–H groups in total. The van der Waals surface area contributed by atoms with Crippen LogP contribution in [0.5, 0.6) is 0 Å². The van der Waals surface area contributed by atoms with Gasteiger partial charge in [-0.1, -0.05) is 18.3 Å². The fourth-order valence-electron chi connectivity index (χ4n) is 1.01. The highest BCUT2D eigenvalue weighted by atomic mass is 32.1. The molecule has 0 aromatic rings. The van der Waals surface area contributed by atoms with Gasteiger partial charge in [-0.25, -0.2) is 4.79 Å².